The first-order valence-electron chi connectivity index (χ1n) is 5.85. The summed E-state index contributed by atoms with van der Waals surface area (Å²) in [5, 5.41) is 17.6. The van der Waals surface area contributed by atoms with Gasteiger partial charge in [0.05, 0.1) is 17.2 Å². The number of carbonyl (C=O) groups is 1. The Balaban J connectivity index is 2.13. The molecule has 2 aromatic rings. The highest BCUT2D eigenvalue weighted by Gasteiger charge is 2.08. The molecule has 1 N–H and O–H groups in total. The van der Waals surface area contributed by atoms with Crippen molar-refractivity contribution in [3.05, 3.63) is 53.3 Å². The highest BCUT2D eigenvalue weighted by atomic mass is 16.4. The molecule has 1 aromatic heterocycles. The van der Waals surface area contributed by atoms with E-state index in [2.05, 4.69) is 16.0 Å². The predicted octanol–water partition coefficient (Wildman–Crippen LogP) is 1.68. The highest BCUT2D eigenvalue weighted by molar-refractivity contribution is 5.86. The number of hydrogen-bond donors (Lipinski definition) is 1. The smallest absolute Gasteiger partial charge is 0.338 e. The van der Waals surface area contributed by atoms with Crippen LogP contribution in [0.4, 0.5) is 5.95 Å². The van der Waals surface area contributed by atoms with Gasteiger partial charge in [0, 0.05) is 26.0 Å². The van der Waals surface area contributed by atoms with E-state index < -0.39 is 5.97 Å². The lowest BCUT2D eigenvalue weighted by Crippen LogP contribution is -2.19. The Hall–Kier alpha value is -2.94. The minimum absolute atomic E-state index is 0.0497. The van der Waals surface area contributed by atoms with Crippen LogP contribution in [-0.2, 0) is 6.54 Å². The average Bonchev–Trinajstić information content (AvgIpc) is 2.47. The van der Waals surface area contributed by atoms with Crippen LogP contribution in [0, 0.1) is 11.3 Å². The van der Waals surface area contributed by atoms with E-state index in [9.17, 15) is 4.79 Å². The molecule has 0 saturated carbocycles. The normalized spacial score (nSPS) is 9.80. The quantitative estimate of drug-likeness (QED) is 0.907. The molecule has 0 bridgehead atoms. The number of rotatable bonds is 4. The number of carboxylic acids is 1. The molecule has 6 heteroatoms. The van der Waals surface area contributed by atoms with Gasteiger partial charge in [-0.25, -0.2) is 14.8 Å². The summed E-state index contributed by atoms with van der Waals surface area (Å²) in [5.41, 5.74) is 1.60. The Labute approximate surface area is 115 Å². The number of anilines is 1. The number of nitrogens with zero attached hydrogens (tertiary/aromatic N) is 4. The summed E-state index contributed by atoms with van der Waals surface area (Å²) >= 11 is 0. The van der Waals surface area contributed by atoms with Crippen LogP contribution in [0.1, 0.15) is 21.5 Å². The van der Waals surface area contributed by atoms with Gasteiger partial charge in [0.2, 0.25) is 5.95 Å². The van der Waals surface area contributed by atoms with Crippen molar-refractivity contribution in [2.24, 2.45) is 0 Å². The van der Waals surface area contributed by atoms with Gasteiger partial charge in [0.1, 0.15) is 0 Å². The zero-order valence-corrected chi connectivity index (χ0v) is 10.8. The first kappa shape index (κ1) is 13.5. The van der Waals surface area contributed by atoms with Gasteiger partial charge < -0.3 is 10.0 Å². The Morgan fingerprint density at radius 3 is 2.70 bits per heavy atom. The summed E-state index contributed by atoms with van der Waals surface area (Å²) in [4.78, 5) is 20.5. The van der Waals surface area contributed by atoms with E-state index in [1.165, 1.54) is 12.4 Å². The topological polar surface area (TPSA) is 90.1 Å². The van der Waals surface area contributed by atoms with Crippen molar-refractivity contribution >= 4 is 11.9 Å². The van der Waals surface area contributed by atoms with Crippen LogP contribution in [0.15, 0.2) is 36.7 Å². The zero-order valence-electron chi connectivity index (χ0n) is 10.8. The lowest BCUT2D eigenvalue weighted by molar-refractivity contribution is 0.0696. The Morgan fingerprint density at radius 1 is 1.40 bits per heavy atom. The lowest BCUT2D eigenvalue weighted by Gasteiger charge is -2.16. The van der Waals surface area contributed by atoms with Gasteiger partial charge in [-0.3, -0.25) is 0 Å². The summed E-state index contributed by atoms with van der Waals surface area (Å²) in [6.07, 6.45) is 2.54. The fourth-order valence-electron chi connectivity index (χ4n) is 1.71. The number of aromatic carboxylic acids is 1. The molecule has 20 heavy (non-hydrogen) atoms. The molecule has 0 amide bonds. The fraction of sp³-hybridized carbons (Fsp3) is 0.143. The second-order valence-corrected chi connectivity index (χ2v) is 4.25. The molecule has 100 valence electrons. The third kappa shape index (κ3) is 3.09. The van der Waals surface area contributed by atoms with Crippen molar-refractivity contribution in [3.8, 4) is 6.07 Å². The van der Waals surface area contributed by atoms with Crippen LogP contribution >= 0.6 is 0 Å². The largest absolute Gasteiger partial charge is 0.478 e. The van der Waals surface area contributed by atoms with Gasteiger partial charge in [-0.2, -0.15) is 5.26 Å². The van der Waals surface area contributed by atoms with Crippen molar-refractivity contribution in [2.45, 2.75) is 6.54 Å². The maximum atomic E-state index is 10.7. The Bertz CT molecular complexity index is 662. The number of hydrogen-bond acceptors (Lipinski definition) is 5. The summed E-state index contributed by atoms with van der Waals surface area (Å²) in [5.74, 6) is -0.627. The Morgan fingerprint density at radius 2 is 2.10 bits per heavy atom. The first-order valence-corrected chi connectivity index (χ1v) is 5.85. The van der Waals surface area contributed by atoms with E-state index in [-0.39, 0.29) is 5.56 Å². The molecule has 0 saturated heterocycles. The van der Waals surface area contributed by atoms with Crippen molar-refractivity contribution in [1.29, 1.82) is 5.26 Å². The third-order valence-corrected chi connectivity index (χ3v) is 2.70. The van der Waals surface area contributed by atoms with Gasteiger partial charge >= 0.3 is 5.97 Å². The lowest BCUT2D eigenvalue weighted by atomic mass is 10.1. The summed E-state index contributed by atoms with van der Waals surface area (Å²) < 4.78 is 0. The highest BCUT2D eigenvalue weighted by Crippen LogP contribution is 2.11. The second-order valence-electron chi connectivity index (χ2n) is 4.25. The van der Waals surface area contributed by atoms with Gasteiger partial charge in [-0.1, -0.05) is 12.1 Å². The Kier molecular flexibility index (Phi) is 3.91. The SMILES string of the molecule is CN(Cc1cccc(C#N)c1)c1ncc(C(=O)O)cn1. The average molecular weight is 268 g/mol. The van der Waals surface area contributed by atoms with Crippen molar-refractivity contribution in [2.75, 3.05) is 11.9 Å². The second kappa shape index (κ2) is 5.80. The first-order chi connectivity index (χ1) is 9.60. The third-order valence-electron chi connectivity index (χ3n) is 2.70. The van der Waals surface area contributed by atoms with Crippen LogP contribution < -0.4 is 4.90 Å². The molecule has 0 aliphatic carbocycles. The number of aromatic nitrogens is 2. The molecular formula is C14H12N4O2. The van der Waals surface area contributed by atoms with Crippen LogP contribution in [0.5, 0.6) is 0 Å². The van der Waals surface area contributed by atoms with Crippen LogP contribution in [0.3, 0.4) is 0 Å². The number of benzene rings is 1. The van der Waals surface area contributed by atoms with Gasteiger partial charge in [0.25, 0.3) is 0 Å². The maximum Gasteiger partial charge on any atom is 0.338 e. The van der Waals surface area contributed by atoms with Crippen LogP contribution in [0.25, 0.3) is 0 Å². The maximum absolute atomic E-state index is 10.7. The minimum atomic E-state index is -1.05. The molecular weight excluding hydrogens is 256 g/mol. The molecule has 0 spiro atoms. The van der Waals surface area contributed by atoms with Crippen molar-refractivity contribution in [3.63, 3.8) is 0 Å². The minimum Gasteiger partial charge on any atom is -0.478 e. The molecule has 0 atom stereocenters. The van der Waals surface area contributed by atoms with Gasteiger partial charge in [-0.05, 0) is 17.7 Å². The van der Waals surface area contributed by atoms with Crippen LogP contribution in [0.2, 0.25) is 0 Å². The number of nitriles is 1. The van der Waals surface area contributed by atoms with E-state index in [0.717, 1.165) is 5.56 Å². The monoisotopic (exact) mass is 268 g/mol. The molecule has 2 rings (SSSR count). The van der Waals surface area contributed by atoms with Gasteiger partial charge in [-0.15, -0.1) is 0 Å². The standard InChI is InChI=1S/C14H12N4O2/c1-18(9-11-4-2-3-10(5-11)6-15)14-16-7-12(8-17-14)13(19)20/h2-5,7-8H,9H2,1H3,(H,19,20). The van der Waals surface area contributed by atoms with Crippen molar-refractivity contribution < 1.29 is 9.90 Å². The predicted molar refractivity (Wildman–Crippen MR) is 72.3 cm³/mol. The van der Waals surface area contributed by atoms with E-state index >= 15 is 0 Å². The van der Waals surface area contributed by atoms with Crippen molar-refractivity contribution in [1.82, 2.24) is 9.97 Å². The fourth-order valence-corrected chi connectivity index (χ4v) is 1.71. The van der Waals surface area contributed by atoms with E-state index in [1.54, 1.807) is 24.1 Å². The summed E-state index contributed by atoms with van der Waals surface area (Å²) in [7, 11) is 1.80. The molecule has 1 heterocycles. The molecule has 0 fully saturated rings. The molecule has 0 unspecified atom stereocenters. The molecule has 6 nitrogen and oxygen atoms in total. The molecule has 0 radical (unpaired) electrons. The molecule has 0 aliphatic heterocycles. The zero-order chi connectivity index (χ0) is 14.5. The molecule has 0 aliphatic rings. The van der Waals surface area contributed by atoms with Crippen LogP contribution in [-0.4, -0.2) is 28.1 Å². The van der Waals surface area contributed by atoms with E-state index in [1.807, 2.05) is 12.1 Å². The number of carboxylic acid groups (broad SMARTS) is 1. The molecule has 1 aromatic carbocycles. The summed E-state index contributed by atoms with van der Waals surface area (Å²) in [6.45, 7) is 0.530. The van der Waals surface area contributed by atoms with E-state index in [4.69, 9.17) is 10.4 Å². The summed E-state index contributed by atoms with van der Waals surface area (Å²) in [6, 6.07) is 9.34. The van der Waals surface area contributed by atoms with Gasteiger partial charge in [0.15, 0.2) is 0 Å². The van der Waals surface area contributed by atoms with E-state index in [0.29, 0.717) is 18.1 Å².